The maximum absolute atomic E-state index is 12.8. The van der Waals surface area contributed by atoms with Crippen molar-refractivity contribution in [3.05, 3.63) is 59.0 Å². The number of piperidine rings is 1. The van der Waals surface area contributed by atoms with E-state index in [1.54, 1.807) is 24.5 Å². The highest BCUT2D eigenvalue weighted by Gasteiger charge is 2.35. The Hall–Kier alpha value is -3.29. The SMILES string of the molecule is Nc1cc(-c2cc3n(c(=O)c2)C[C@H]2C[C@@H]3CN(c3ncccn3)C2)ncn1. The number of anilines is 2. The second-order valence-corrected chi connectivity index (χ2v) is 7.20. The van der Waals surface area contributed by atoms with Crippen molar-refractivity contribution in [2.45, 2.75) is 18.9 Å². The van der Waals surface area contributed by atoms with Gasteiger partial charge in [0.25, 0.3) is 5.56 Å². The average molecular weight is 361 g/mol. The van der Waals surface area contributed by atoms with Crippen LogP contribution in [0.2, 0.25) is 0 Å². The number of pyridine rings is 1. The number of aromatic nitrogens is 5. The number of hydrogen-bond donors (Lipinski definition) is 1. The molecule has 2 aliphatic heterocycles. The smallest absolute Gasteiger partial charge is 0.251 e. The first kappa shape index (κ1) is 15.9. The van der Waals surface area contributed by atoms with E-state index in [0.29, 0.717) is 17.4 Å². The molecule has 8 heteroatoms. The molecule has 0 saturated carbocycles. The molecule has 136 valence electrons. The Labute approximate surface area is 155 Å². The molecule has 3 aromatic rings. The van der Waals surface area contributed by atoms with Gasteiger partial charge in [0.2, 0.25) is 5.95 Å². The molecule has 0 unspecified atom stereocenters. The van der Waals surface area contributed by atoms with Crippen molar-refractivity contribution in [2.75, 3.05) is 23.7 Å². The van der Waals surface area contributed by atoms with Crippen LogP contribution in [0.15, 0.2) is 47.8 Å². The van der Waals surface area contributed by atoms with Gasteiger partial charge in [0.15, 0.2) is 0 Å². The van der Waals surface area contributed by atoms with Crippen LogP contribution in [0, 0.1) is 5.92 Å². The first-order valence-corrected chi connectivity index (χ1v) is 9.02. The van der Waals surface area contributed by atoms with Crippen molar-refractivity contribution in [3.63, 3.8) is 0 Å². The van der Waals surface area contributed by atoms with Gasteiger partial charge < -0.3 is 15.2 Å². The predicted octanol–water partition coefficient (Wildman–Crippen LogP) is 1.30. The highest BCUT2D eigenvalue weighted by atomic mass is 16.1. The highest BCUT2D eigenvalue weighted by molar-refractivity contribution is 5.62. The van der Waals surface area contributed by atoms with Crippen molar-refractivity contribution in [3.8, 4) is 11.3 Å². The number of nitrogen functional groups attached to an aromatic ring is 1. The average Bonchev–Trinajstić information content (AvgIpc) is 2.69. The van der Waals surface area contributed by atoms with Crippen molar-refractivity contribution in [1.29, 1.82) is 0 Å². The number of nitrogens with two attached hydrogens (primary N) is 1. The fraction of sp³-hybridized carbons (Fsp3) is 0.316. The molecule has 0 aromatic carbocycles. The van der Waals surface area contributed by atoms with Crippen molar-refractivity contribution in [2.24, 2.45) is 5.92 Å². The molecular formula is C19H19N7O. The second kappa shape index (κ2) is 6.15. The molecule has 2 atom stereocenters. The summed E-state index contributed by atoms with van der Waals surface area (Å²) >= 11 is 0. The van der Waals surface area contributed by atoms with Crippen LogP contribution in [-0.2, 0) is 6.54 Å². The lowest BCUT2D eigenvalue weighted by Gasteiger charge is -2.42. The summed E-state index contributed by atoms with van der Waals surface area (Å²) < 4.78 is 1.91. The Morgan fingerprint density at radius 3 is 2.67 bits per heavy atom. The highest BCUT2D eigenvalue weighted by Crippen LogP contribution is 2.37. The normalized spacial score (nSPS) is 21.0. The van der Waals surface area contributed by atoms with E-state index in [1.807, 2.05) is 10.6 Å². The molecule has 3 aromatic heterocycles. The van der Waals surface area contributed by atoms with Gasteiger partial charge in [-0.05, 0) is 24.5 Å². The molecule has 2 aliphatic rings. The first-order chi connectivity index (χ1) is 13.2. The molecule has 8 nitrogen and oxygen atoms in total. The molecule has 5 rings (SSSR count). The Bertz CT molecular complexity index is 1050. The summed E-state index contributed by atoms with van der Waals surface area (Å²) in [6, 6.07) is 7.23. The Morgan fingerprint density at radius 2 is 1.85 bits per heavy atom. The van der Waals surface area contributed by atoms with Crippen LogP contribution < -0.4 is 16.2 Å². The van der Waals surface area contributed by atoms with E-state index >= 15 is 0 Å². The molecule has 0 amide bonds. The summed E-state index contributed by atoms with van der Waals surface area (Å²) in [5, 5.41) is 0. The zero-order chi connectivity index (χ0) is 18.4. The third-order valence-electron chi connectivity index (χ3n) is 5.38. The largest absolute Gasteiger partial charge is 0.384 e. The predicted molar refractivity (Wildman–Crippen MR) is 101 cm³/mol. The Kier molecular flexibility index (Phi) is 3.63. The quantitative estimate of drug-likeness (QED) is 0.734. The van der Waals surface area contributed by atoms with Gasteiger partial charge in [0.1, 0.15) is 12.1 Å². The molecule has 0 spiro atoms. The summed E-state index contributed by atoms with van der Waals surface area (Å²) in [6.45, 7) is 2.39. The molecule has 1 saturated heterocycles. The molecule has 0 radical (unpaired) electrons. The number of hydrogen-bond acceptors (Lipinski definition) is 7. The van der Waals surface area contributed by atoms with E-state index in [9.17, 15) is 4.79 Å². The number of nitrogens with zero attached hydrogens (tertiary/aromatic N) is 6. The van der Waals surface area contributed by atoms with Gasteiger partial charge in [0.05, 0.1) is 5.69 Å². The first-order valence-electron chi connectivity index (χ1n) is 9.02. The van der Waals surface area contributed by atoms with Crippen LogP contribution in [0.5, 0.6) is 0 Å². The zero-order valence-electron chi connectivity index (χ0n) is 14.7. The summed E-state index contributed by atoms with van der Waals surface area (Å²) in [4.78, 5) is 32.0. The van der Waals surface area contributed by atoms with Crippen LogP contribution >= 0.6 is 0 Å². The van der Waals surface area contributed by atoms with E-state index in [0.717, 1.165) is 43.3 Å². The van der Waals surface area contributed by atoms with Gasteiger partial charge in [-0.2, -0.15) is 0 Å². The zero-order valence-corrected chi connectivity index (χ0v) is 14.7. The molecule has 2 N–H and O–H groups in total. The third kappa shape index (κ3) is 2.83. The van der Waals surface area contributed by atoms with Gasteiger partial charge in [-0.15, -0.1) is 0 Å². The van der Waals surface area contributed by atoms with Gasteiger partial charge in [-0.1, -0.05) is 0 Å². The summed E-state index contributed by atoms with van der Waals surface area (Å²) in [5.74, 6) is 1.82. The number of rotatable bonds is 2. The fourth-order valence-electron chi connectivity index (χ4n) is 4.26. The molecule has 2 bridgehead atoms. The molecular weight excluding hydrogens is 342 g/mol. The van der Waals surface area contributed by atoms with Crippen molar-refractivity contribution < 1.29 is 0 Å². The second-order valence-electron chi connectivity index (χ2n) is 7.20. The molecule has 27 heavy (non-hydrogen) atoms. The van der Waals surface area contributed by atoms with E-state index in [2.05, 4.69) is 30.9 Å². The number of fused-ring (bicyclic) bond motifs is 4. The summed E-state index contributed by atoms with van der Waals surface area (Å²) in [7, 11) is 0. The topological polar surface area (TPSA) is 103 Å². The monoisotopic (exact) mass is 361 g/mol. The minimum atomic E-state index is 0.0128. The van der Waals surface area contributed by atoms with E-state index in [-0.39, 0.29) is 11.5 Å². The van der Waals surface area contributed by atoms with Gasteiger partial charge in [0, 0.05) is 61.3 Å². The molecule has 5 heterocycles. The van der Waals surface area contributed by atoms with Gasteiger partial charge in [-0.25, -0.2) is 19.9 Å². The van der Waals surface area contributed by atoms with E-state index in [1.165, 1.54) is 6.33 Å². The van der Waals surface area contributed by atoms with E-state index < -0.39 is 0 Å². The summed E-state index contributed by atoms with van der Waals surface area (Å²) in [6.07, 6.45) is 6.02. The third-order valence-corrected chi connectivity index (χ3v) is 5.38. The molecule has 1 fully saturated rings. The Morgan fingerprint density at radius 1 is 1.00 bits per heavy atom. The van der Waals surface area contributed by atoms with Crippen molar-refractivity contribution >= 4 is 11.8 Å². The van der Waals surface area contributed by atoms with Crippen LogP contribution in [0.1, 0.15) is 18.0 Å². The lowest BCUT2D eigenvalue weighted by atomic mass is 9.82. The summed E-state index contributed by atoms with van der Waals surface area (Å²) in [5.41, 5.74) is 8.30. The minimum Gasteiger partial charge on any atom is -0.384 e. The van der Waals surface area contributed by atoms with Gasteiger partial charge in [-0.3, -0.25) is 4.79 Å². The van der Waals surface area contributed by atoms with Gasteiger partial charge >= 0.3 is 0 Å². The fourth-order valence-corrected chi connectivity index (χ4v) is 4.26. The lowest BCUT2D eigenvalue weighted by molar-refractivity contribution is 0.280. The van der Waals surface area contributed by atoms with Crippen LogP contribution in [0.25, 0.3) is 11.3 Å². The minimum absolute atomic E-state index is 0.0128. The maximum atomic E-state index is 12.8. The van der Waals surface area contributed by atoms with Crippen LogP contribution in [0.3, 0.4) is 0 Å². The Balaban J connectivity index is 1.55. The maximum Gasteiger partial charge on any atom is 0.251 e. The van der Waals surface area contributed by atoms with E-state index in [4.69, 9.17) is 5.73 Å². The molecule has 0 aliphatic carbocycles. The van der Waals surface area contributed by atoms with Crippen LogP contribution in [-0.4, -0.2) is 37.6 Å². The lowest BCUT2D eigenvalue weighted by Crippen LogP contribution is -2.47. The standard InChI is InChI=1S/C19H19N7O/c20-17-7-15(23-11-24-17)13-5-16-14-4-12(9-26(16)18(27)6-13)8-25(10-14)19-21-2-1-3-22-19/h1-3,5-7,11-12,14H,4,8-10H2,(H2,20,23,24)/t12-,14+/m0/s1. The van der Waals surface area contributed by atoms with Crippen LogP contribution in [0.4, 0.5) is 11.8 Å². The van der Waals surface area contributed by atoms with Crippen molar-refractivity contribution in [1.82, 2.24) is 24.5 Å².